The molecule has 0 aliphatic rings. The highest BCUT2D eigenvalue weighted by molar-refractivity contribution is 5.97. The second kappa shape index (κ2) is 7.65. The molecule has 0 spiro atoms. The average molecular weight is 278 g/mol. The van der Waals surface area contributed by atoms with Gasteiger partial charge in [-0.1, -0.05) is 32.0 Å². The zero-order valence-electron chi connectivity index (χ0n) is 12.0. The van der Waals surface area contributed by atoms with E-state index in [9.17, 15) is 9.59 Å². The topological polar surface area (TPSA) is 83.6 Å². The molecule has 5 heteroatoms. The van der Waals surface area contributed by atoms with E-state index in [4.69, 9.17) is 10.8 Å². The van der Waals surface area contributed by atoms with Gasteiger partial charge in [-0.15, -0.1) is 0 Å². The maximum atomic E-state index is 12.5. The van der Waals surface area contributed by atoms with E-state index >= 15 is 0 Å². The number of aliphatic carboxylic acids is 1. The molecule has 110 valence electrons. The lowest BCUT2D eigenvalue weighted by molar-refractivity contribution is -0.137. The first-order valence-corrected chi connectivity index (χ1v) is 6.74. The van der Waals surface area contributed by atoms with Crippen LogP contribution in [0.15, 0.2) is 24.3 Å². The molecule has 5 nitrogen and oxygen atoms in total. The number of nitrogens with zero attached hydrogens (tertiary/aromatic N) is 1. The zero-order valence-corrected chi connectivity index (χ0v) is 12.0. The lowest BCUT2D eigenvalue weighted by Gasteiger charge is -2.24. The van der Waals surface area contributed by atoms with E-state index in [0.29, 0.717) is 25.1 Å². The summed E-state index contributed by atoms with van der Waals surface area (Å²) in [5.41, 5.74) is 6.95. The average Bonchev–Trinajstić information content (AvgIpc) is 2.37. The predicted molar refractivity (Wildman–Crippen MR) is 77.6 cm³/mol. The Morgan fingerprint density at radius 2 is 1.95 bits per heavy atom. The van der Waals surface area contributed by atoms with E-state index in [1.807, 2.05) is 26.0 Å². The SMILES string of the molecule is CC(C)CN(CC(=O)O)C(=O)c1ccccc1CCN. The standard InChI is InChI=1S/C15H22N2O3/c1-11(2)9-17(10-14(18)19)15(20)13-6-4-3-5-12(13)7-8-16/h3-6,11H,7-10,16H2,1-2H3,(H,18,19). The summed E-state index contributed by atoms with van der Waals surface area (Å²) in [6.45, 7) is 4.49. The summed E-state index contributed by atoms with van der Waals surface area (Å²) in [5.74, 6) is -1.04. The van der Waals surface area contributed by atoms with Gasteiger partial charge < -0.3 is 15.7 Å². The summed E-state index contributed by atoms with van der Waals surface area (Å²) in [7, 11) is 0. The number of hydrogen-bond acceptors (Lipinski definition) is 3. The van der Waals surface area contributed by atoms with Gasteiger partial charge in [0.15, 0.2) is 0 Å². The lowest BCUT2D eigenvalue weighted by Crippen LogP contribution is -2.38. The molecule has 0 atom stereocenters. The van der Waals surface area contributed by atoms with Crippen molar-refractivity contribution in [3.8, 4) is 0 Å². The summed E-state index contributed by atoms with van der Waals surface area (Å²) in [4.78, 5) is 24.8. The van der Waals surface area contributed by atoms with E-state index in [1.165, 1.54) is 4.90 Å². The molecule has 0 bridgehead atoms. The molecule has 0 fully saturated rings. The fraction of sp³-hybridized carbons (Fsp3) is 0.467. The van der Waals surface area contributed by atoms with Gasteiger partial charge in [-0.3, -0.25) is 9.59 Å². The minimum Gasteiger partial charge on any atom is -0.480 e. The van der Waals surface area contributed by atoms with E-state index < -0.39 is 5.97 Å². The number of benzene rings is 1. The van der Waals surface area contributed by atoms with Crippen molar-refractivity contribution in [1.82, 2.24) is 4.90 Å². The number of carboxylic acid groups (broad SMARTS) is 1. The monoisotopic (exact) mass is 278 g/mol. The van der Waals surface area contributed by atoms with Gasteiger partial charge in [0.1, 0.15) is 6.54 Å². The molecular weight excluding hydrogens is 256 g/mol. The Morgan fingerprint density at radius 1 is 1.30 bits per heavy atom. The van der Waals surface area contributed by atoms with Crippen LogP contribution in [0.5, 0.6) is 0 Å². The molecule has 20 heavy (non-hydrogen) atoms. The number of carbonyl (C=O) groups excluding carboxylic acids is 1. The van der Waals surface area contributed by atoms with Gasteiger partial charge in [0.25, 0.3) is 5.91 Å². The molecule has 0 heterocycles. The van der Waals surface area contributed by atoms with Crippen LogP contribution in [0.3, 0.4) is 0 Å². The predicted octanol–water partition coefficient (Wildman–Crippen LogP) is 1.37. The van der Waals surface area contributed by atoms with Gasteiger partial charge in [-0.2, -0.15) is 0 Å². The molecule has 1 aromatic carbocycles. The molecular formula is C15H22N2O3. The molecule has 0 radical (unpaired) electrons. The van der Waals surface area contributed by atoms with Gasteiger partial charge in [0, 0.05) is 12.1 Å². The first-order valence-electron chi connectivity index (χ1n) is 6.74. The normalized spacial score (nSPS) is 10.6. The van der Waals surface area contributed by atoms with E-state index in [1.54, 1.807) is 12.1 Å². The molecule has 0 aliphatic carbocycles. The van der Waals surface area contributed by atoms with Crippen molar-refractivity contribution in [2.45, 2.75) is 20.3 Å². The van der Waals surface area contributed by atoms with Gasteiger partial charge in [0.05, 0.1) is 0 Å². The second-order valence-electron chi connectivity index (χ2n) is 5.17. The quantitative estimate of drug-likeness (QED) is 0.789. The molecule has 0 saturated carbocycles. The van der Waals surface area contributed by atoms with Gasteiger partial charge in [-0.05, 0) is 30.5 Å². The van der Waals surface area contributed by atoms with E-state index in [2.05, 4.69) is 0 Å². The van der Waals surface area contributed by atoms with Crippen LogP contribution in [-0.2, 0) is 11.2 Å². The lowest BCUT2D eigenvalue weighted by atomic mass is 10.0. The third-order valence-electron chi connectivity index (χ3n) is 2.86. The smallest absolute Gasteiger partial charge is 0.323 e. The summed E-state index contributed by atoms with van der Waals surface area (Å²) in [5, 5.41) is 8.95. The van der Waals surface area contributed by atoms with Crippen molar-refractivity contribution in [3.63, 3.8) is 0 Å². The van der Waals surface area contributed by atoms with Crippen LogP contribution >= 0.6 is 0 Å². The molecule has 3 N–H and O–H groups in total. The van der Waals surface area contributed by atoms with Gasteiger partial charge in [0.2, 0.25) is 0 Å². The van der Waals surface area contributed by atoms with Crippen LogP contribution in [0.1, 0.15) is 29.8 Å². The van der Waals surface area contributed by atoms with Crippen LogP contribution in [0.4, 0.5) is 0 Å². The molecule has 1 aromatic rings. The molecule has 0 saturated heterocycles. The summed E-state index contributed by atoms with van der Waals surface area (Å²) < 4.78 is 0. The number of amides is 1. The van der Waals surface area contributed by atoms with E-state index in [-0.39, 0.29) is 18.4 Å². The molecule has 0 aromatic heterocycles. The highest BCUT2D eigenvalue weighted by atomic mass is 16.4. The van der Waals surface area contributed by atoms with Crippen molar-refractivity contribution in [3.05, 3.63) is 35.4 Å². The minimum atomic E-state index is -1.00. The fourth-order valence-electron chi connectivity index (χ4n) is 2.10. The first-order chi connectivity index (χ1) is 9.45. The Hall–Kier alpha value is -1.88. The van der Waals surface area contributed by atoms with Crippen molar-refractivity contribution in [2.75, 3.05) is 19.6 Å². The van der Waals surface area contributed by atoms with Gasteiger partial charge >= 0.3 is 5.97 Å². The number of carboxylic acids is 1. The number of nitrogens with two attached hydrogens (primary N) is 1. The molecule has 0 unspecified atom stereocenters. The van der Waals surface area contributed by atoms with Crippen LogP contribution in [0.2, 0.25) is 0 Å². The summed E-state index contributed by atoms with van der Waals surface area (Å²) in [6.07, 6.45) is 0.602. The summed E-state index contributed by atoms with van der Waals surface area (Å²) in [6, 6.07) is 7.21. The van der Waals surface area contributed by atoms with Gasteiger partial charge in [-0.25, -0.2) is 0 Å². The maximum absolute atomic E-state index is 12.5. The first kappa shape index (κ1) is 16.2. The van der Waals surface area contributed by atoms with Crippen LogP contribution in [0, 0.1) is 5.92 Å². The zero-order chi connectivity index (χ0) is 15.1. The number of rotatable bonds is 7. The Balaban J connectivity index is 3.01. The Bertz CT molecular complexity index is 472. The highest BCUT2D eigenvalue weighted by Crippen LogP contribution is 2.13. The van der Waals surface area contributed by atoms with Crippen molar-refractivity contribution < 1.29 is 14.7 Å². The Kier molecular flexibility index (Phi) is 6.18. The Morgan fingerprint density at radius 3 is 2.50 bits per heavy atom. The fourth-order valence-corrected chi connectivity index (χ4v) is 2.10. The third-order valence-corrected chi connectivity index (χ3v) is 2.86. The largest absolute Gasteiger partial charge is 0.480 e. The molecule has 1 amide bonds. The minimum absolute atomic E-state index is 0.208. The van der Waals surface area contributed by atoms with Crippen LogP contribution in [0.25, 0.3) is 0 Å². The van der Waals surface area contributed by atoms with Crippen LogP contribution in [-0.4, -0.2) is 41.5 Å². The van der Waals surface area contributed by atoms with Crippen molar-refractivity contribution in [2.24, 2.45) is 11.7 Å². The van der Waals surface area contributed by atoms with Crippen molar-refractivity contribution in [1.29, 1.82) is 0 Å². The van der Waals surface area contributed by atoms with Crippen LogP contribution < -0.4 is 5.73 Å². The Labute approximate surface area is 119 Å². The van der Waals surface area contributed by atoms with E-state index in [0.717, 1.165) is 5.56 Å². The number of carbonyl (C=O) groups is 2. The third kappa shape index (κ3) is 4.66. The highest BCUT2D eigenvalue weighted by Gasteiger charge is 2.21. The number of hydrogen-bond donors (Lipinski definition) is 2. The maximum Gasteiger partial charge on any atom is 0.323 e. The molecule has 1 rings (SSSR count). The summed E-state index contributed by atoms with van der Waals surface area (Å²) >= 11 is 0. The molecule has 0 aliphatic heterocycles. The van der Waals surface area contributed by atoms with Crippen molar-refractivity contribution >= 4 is 11.9 Å². The second-order valence-corrected chi connectivity index (χ2v) is 5.17.